The summed E-state index contributed by atoms with van der Waals surface area (Å²) < 4.78 is 33.4. The molecule has 3 saturated carbocycles. The number of hydrogen-bond donors (Lipinski definition) is 1. The highest BCUT2D eigenvalue weighted by Gasteiger charge is 2.59. The monoisotopic (exact) mass is 640 g/mol. The number of fused-ring (bicyclic) bond motifs is 5. The standard InChI is InChI=1S/C35H62NO7P/c1-25(2)10-9-11-26(3)30-14-15-31-29-13-12-27-24-28(16-18-34(27,4)32(29)17-19-35(30,31)5)43-33(37)40-22-23-42-44(38,39)41-21-20-36(6,7)8/h12,25-26,28-32H,9-11,13-24H2,1-8H3/p+1/t26-,28?,29+,30-,31+,32+,34+,35-/m1/s1. The van der Waals surface area contributed by atoms with E-state index in [1.807, 2.05) is 21.1 Å². The van der Waals surface area contributed by atoms with Gasteiger partial charge in [0.2, 0.25) is 0 Å². The molecule has 0 aliphatic heterocycles. The van der Waals surface area contributed by atoms with Crippen LogP contribution in [0.25, 0.3) is 0 Å². The van der Waals surface area contributed by atoms with Crippen LogP contribution in [0, 0.1) is 46.3 Å². The Morgan fingerprint density at radius 1 is 1.00 bits per heavy atom. The zero-order valence-electron chi connectivity index (χ0n) is 29.0. The molecule has 44 heavy (non-hydrogen) atoms. The van der Waals surface area contributed by atoms with Gasteiger partial charge in [-0.05, 0) is 91.3 Å². The summed E-state index contributed by atoms with van der Waals surface area (Å²) in [6.45, 7) is 12.6. The highest BCUT2D eigenvalue weighted by atomic mass is 31.2. The van der Waals surface area contributed by atoms with Crippen molar-refractivity contribution >= 4 is 14.0 Å². The first-order valence-corrected chi connectivity index (χ1v) is 19.0. The molecular formula is C35H63NO7P+. The molecule has 4 aliphatic rings. The van der Waals surface area contributed by atoms with Gasteiger partial charge in [0.1, 0.15) is 25.9 Å². The highest BCUT2D eigenvalue weighted by Crippen LogP contribution is 2.67. The highest BCUT2D eigenvalue weighted by molar-refractivity contribution is 7.47. The van der Waals surface area contributed by atoms with Gasteiger partial charge in [0.05, 0.1) is 27.7 Å². The van der Waals surface area contributed by atoms with E-state index in [4.69, 9.17) is 18.5 Å². The summed E-state index contributed by atoms with van der Waals surface area (Å²) in [5.74, 6) is 4.82. The van der Waals surface area contributed by atoms with E-state index in [9.17, 15) is 14.3 Å². The zero-order chi connectivity index (χ0) is 32.3. The van der Waals surface area contributed by atoms with E-state index in [0.717, 1.165) is 61.2 Å². The minimum absolute atomic E-state index is 0.0937. The number of rotatable bonds is 14. The van der Waals surface area contributed by atoms with Gasteiger partial charge in [0.25, 0.3) is 0 Å². The van der Waals surface area contributed by atoms with Crippen LogP contribution in [0.1, 0.15) is 105 Å². The molecule has 8 nitrogen and oxygen atoms in total. The van der Waals surface area contributed by atoms with Crippen molar-refractivity contribution < 1.29 is 37.3 Å². The molecule has 0 saturated heterocycles. The van der Waals surface area contributed by atoms with Gasteiger partial charge < -0.3 is 18.9 Å². The minimum atomic E-state index is -4.19. The Morgan fingerprint density at radius 3 is 2.43 bits per heavy atom. The predicted octanol–water partition coefficient (Wildman–Crippen LogP) is 8.39. The number of phosphoric acid groups is 1. The number of allylic oxidation sites excluding steroid dienone is 1. The molecule has 254 valence electrons. The molecule has 0 aromatic rings. The fraction of sp³-hybridized carbons (Fsp3) is 0.914. The first-order chi connectivity index (χ1) is 20.5. The average Bonchev–Trinajstić information content (AvgIpc) is 3.27. The summed E-state index contributed by atoms with van der Waals surface area (Å²) >= 11 is 0. The fourth-order valence-electron chi connectivity index (χ4n) is 9.67. The van der Waals surface area contributed by atoms with Crippen LogP contribution in [-0.2, 0) is 23.1 Å². The first-order valence-electron chi connectivity index (χ1n) is 17.5. The molecule has 1 N–H and O–H groups in total. The van der Waals surface area contributed by atoms with Gasteiger partial charge in [-0.3, -0.25) is 9.05 Å². The van der Waals surface area contributed by atoms with Gasteiger partial charge in [0.15, 0.2) is 0 Å². The molecule has 0 spiro atoms. The maximum atomic E-state index is 12.4. The van der Waals surface area contributed by atoms with E-state index in [2.05, 4.69) is 40.7 Å². The van der Waals surface area contributed by atoms with E-state index in [0.29, 0.717) is 16.4 Å². The Hall–Kier alpha value is -0.920. The number of carbonyl (C=O) groups is 1. The Kier molecular flexibility index (Phi) is 11.8. The number of nitrogens with zero attached hydrogens (tertiary/aromatic N) is 1. The maximum Gasteiger partial charge on any atom is 0.508 e. The van der Waals surface area contributed by atoms with Gasteiger partial charge >= 0.3 is 14.0 Å². The Morgan fingerprint density at radius 2 is 1.73 bits per heavy atom. The van der Waals surface area contributed by atoms with Crippen LogP contribution >= 0.6 is 7.82 Å². The largest absolute Gasteiger partial charge is 0.508 e. The number of ether oxygens (including phenoxy) is 2. The Balaban J connectivity index is 1.24. The van der Waals surface area contributed by atoms with Crippen LogP contribution < -0.4 is 0 Å². The molecule has 9 heteroatoms. The summed E-state index contributed by atoms with van der Waals surface area (Å²) in [7, 11) is 1.71. The predicted molar refractivity (Wildman–Crippen MR) is 174 cm³/mol. The summed E-state index contributed by atoms with van der Waals surface area (Å²) in [6, 6.07) is 0. The molecule has 3 fully saturated rings. The van der Waals surface area contributed by atoms with Gasteiger partial charge in [-0.15, -0.1) is 0 Å². The second-order valence-corrected chi connectivity index (χ2v) is 18.0. The van der Waals surface area contributed by atoms with Crippen molar-refractivity contribution in [3.8, 4) is 0 Å². The average molecular weight is 641 g/mol. The summed E-state index contributed by atoms with van der Waals surface area (Å²) in [5, 5.41) is 0. The van der Waals surface area contributed by atoms with Crippen LogP contribution in [0.2, 0.25) is 0 Å². The second-order valence-electron chi connectivity index (χ2n) is 16.5. The molecule has 0 heterocycles. The normalized spacial score (nSPS) is 35.6. The van der Waals surface area contributed by atoms with Gasteiger partial charge in [-0.2, -0.15) is 0 Å². The van der Waals surface area contributed by atoms with Crippen molar-refractivity contribution in [2.24, 2.45) is 46.3 Å². The summed E-state index contributed by atoms with van der Waals surface area (Å²) in [4.78, 5) is 22.3. The van der Waals surface area contributed by atoms with E-state index in [1.165, 1.54) is 50.5 Å². The lowest BCUT2D eigenvalue weighted by molar-refractivity contribution is -0.870. The van der Waals surface area contributed by atoms with Crippen molar-refractivity contribution in [2.45, 2.75) is 111 Å². The van der Waals surface area contributed by atoms with Crippen LogP contribution in [0.4, 0.5) is 4.79 Å². The maximum absolute atomic E-state index is 12.4. The summed E-state index contributed by atoms with van der Waals surface area (Å²) in [5.41, 5.74) is 2.14. The van der Waals surface area contributed by atoms with Crippen molar-refractivity contribution in [3.05, 3.63) is 11.6 Å². The molecule has 0 bridgehead atoms. The number of phosphoric ester groups is 1. The lowest BCUT2D eigenvalue weighted by atomic mass is 9.47. The Labute approximate surface area is 267 Å². The molecule has 0 radical (unpaired) electrons. The van der Waals surface area contributed by atoms with Gasteiger partial charge in [-0.25, -0.2) is 9.36 Å². The molecule has 4 aliphatic carbocycles. The topological polar surface area (TPSA) is 91.3 Å². The third-order valence-electron chi connectivity index (χ3n) is 12.1. The molecular weight excluding hydrogens is 577 g/mol. The van der Waals surface area contributed by atoms with Crippen LogP contribution in [0.5, 0.6) is 0 Å². The lowest BCUT2D eigenvalue weighted by Gasteiger charge is -2.58. The number of likely N-dealkylation sites (N-methyl/N-ethyl adjacent to an activating group) is 1. The number of quaternary nitrogens is 1. The molecule has 4 rings (SSSR count). The van der Waals surface area contributed by atoms with E-state index in [1.54, 1.807) is 0 Å². The van der Waals surface area contributed by atoms with Crippen molar-refractivity contribution in [1.29, 1.82) is 0 Å². The molecule has 9 atom stereocenters. The number of carbonyl (C=O) groups excluding carboxylic acids is 1. The van der Waals surface area contributed by atoms with Crippen LogP contribution in [-0.4, -0.2) is 69.1 Å². The van der Waals surface area contributed by atoms with Gasteiger partial charge in [0, 0.05) is 6.42 Å². The molecule has 0 aromatic carbocycles. The second kappa shape index (κ2) is 14.5. The molecule has 0 amide bonds. The van der Waals surface area contributed by atoms with Crippen molar-refractivity contribution in [3.63, 3.8) is 0 Å². The van der Waals surface area contributed by atoms with Crippen molar-refractivity contribution in [1.82, 2.24) is 0 Å². The molecule has 2 unspecified atom stereocenters. The molecule has 0 aromatic heterocycles. The quantitative estimate of drug-likeness (QED) is 0.0670. The van der Waals surface area contributed by atoms with E-state index in [-0.39, 0.29) is 31.3 Å². The minimum Gasteiger partial charge on any atom is -0.432 e. The third-order valence-corrected chi connectivity index (χ3v) is 13.1. The first kappa shape index (κ1) is 35.9. The van der Waals surface area contributed by atoms with Gasteiger partial charge in [-0.1, -0.05) is 65.5 Å². The van der Waals surface area contributed by atoms with Crippen molar-refractivity contribution in [2.75, 3.05) is 47.5 Å². The number of hydrogen-bond acceptors (Lipinski definition) is 6. The summed E-state index contributed by atoms with van der Waals surface area (Å²) in [6.07, 6.45) is 15.0. The van der Waals surface area contributed by atoms with Crippen LogP contribution in [0.15, 0.2) is 11.6 Å². The van der Waals surface area contributed by atoms with E-state index < -0.39 is 14.0 Å². The van der Waals surface area contributed by atoms with E-state index >= 15 is 0 Å². The Bertz CT molecular complexity index is 1060. The van der Waals surface area contributed by atoms with Crippen LogP contribution in [0.3, 0.4) is 0 Å². The third kappa shape index (κ3) is 8.70. The smallest absolute Gasteiger partial charge is 0.432 e. The fourth-order valence-corrected chi connectivity index (χ4v) is 10.4. The lowest BCUT2D eigenvalue weighted by Crippen LogP contribution is -2.51. The SMILES string of the molecule is CC(C)CCC[C@@H](C)[C@H]1CC[C@H]2[C@@H]3CC=C4CC(OC(=O)OCCOP(=O)(O)OCC[N+](C)(C)C)CC[C@]4(C)[C@H]3CC[C@]12C. The zero-order valence-corrected chi connectivity index (χ0v) is 29.9.